The van der Waals surface area contributed by atoms with Crippen LogP contribution in [0, 0.1) is 11.3 Å². The number of imidazole rings is 1. The van der Waals surface area contributed by atoms with Gasteiger partial charge in [0.2, 0.25) is 5.82 Å². The van der Waals surface area contributed by atoms with Crippen LogP contribution in [0.2, 0.25) is 0 Å². The predicted molar refractivity (Wildman–Crippen MR) is 61.9 cm³/mol. The maximum absolute atomic E-state index is 8.83. The van der Waals surface area contributed by atoms with Gasteiger partial charge in [-0.15, -0.1) is 0 Å². The van der Waals surface area contributed by atoms with Crippen molar-refractivity contribution in [3.63, 3.8) is 0 Å². The molecule has 0 atom stereocenters. The first-order chi connectivity index (χ1) is 7.83. The van der Waals surface area contributed by atoms with Crippen LogP contribution in [0.1, 0.15) is 23.9 Å². The predicted octanol–water partition coefficient (Wildman–Crippen LogP) is 2.37. The normalized spacial score (nSPS) is 10.0. The Kier molecular flexibility index (Phi) is 3.02. The van der Waals surface area contributed by atoms with Crippen LogP contribution in [0.3, 0.4) is 0 Å². The van der Waals surface area contributed by atoms with Gasteiger partial charge in [0.25, 0.3) is 0 Å². The summed E-state index contributed by atoms with van der Waals surface area (Å²) in [5.74, 6) is 0.458. The van der Waals surface area contributed by atoms with Gasteiger partial charge in [-0.1, -0.05) is 31.2 Å². The van der Waals surface area contributed by atoms with E-state index in [2.05, 4.69) is 42.2 Å². The fourth-order valence-electron chi connectivity index (χ4n) is 1.63. The van der Waals surface area contributed by atoms with E-state index in [-0.39, 0.29) is 0 Å². The number of aryl methyl sites for hydroxylation is 1. The summed E-state index contributed by atoms with van der Waals surface area (Å²) in [6, 6.07) is 10.5. The highest BCUT2D eigenvalue weighted by atomic mass is 15.1. The third-order valence-corrected chi connectivity index (χ3v) is 2.60. The van der Waals surface area contributed by atoms with Crippen LogP contribution in [0.15, 0.2) is 36.7 Å². The van der Waals surface area contributed by atoms with E-state index in [1.165, 1.54) is 11.1 Å². The molecular formula is C13H13N3. The summed E-state index contributed by atoms with van der Waals surface area (Å²) >= 11 is 0. The molecule has 0 aliphatic rings. The minimum absolute atomic E-state index is 0.458. The van der Waals surface area contributed by atoms with Gasteiger partial charge < -0.3 is 4.57 Å². The van der Waals surface area contributed by atoms with Crippen molar-refractivity contribution >= 4 is 0 Å². The summed E-state index contributed by atoms with van der Waals surface area (Å²) in [5.41, 5.74) is 2.52. The lowest BCUT2D eigenvalue weighted by Gasteiger charge is -2.04. The Morgan fingerprint density at radius 3 is 2.56 bits per heavy atom. The fourth-order valence-corrected chi connectivity index (χ4v) is 1.63. The van der Waals surface area contributed by atoms with Gasteiger partial charge in [-0.3, -0.25) is 0 Å². The summed E-state index contributed by atoms with van der Waals surface area (Å²) in [4.78, 5) is 3.97. The van der Waals surface area contributed by atoms with E-state index in [0.717, 1.165) is 6.42 Å². The standard InChI is InChI=1S/C13H13N3/c1-2-11-3-5-12(6-4-11)10-16-8-7-15-13(16)9-14/h3-8H,2,10H2,1H3. The number of nitriles is 1. The van der Waals surface area contributed by atoms with Gasteiger partial charge in [0.15, 0.2) is 0 Å². The zero-order valence-corrected chi connectivity index (χ0v) is 9.22. The van der Waals surface area contributed by atoms with Gasteiger partial charge in [-0.25, -0.2) is 4.98 Å². The monoisotopic (exact) mass is 211 g/mol. The van der Waals surface area contributed by atoms with Gasteiger partial charge in [0.05, 0.1) is 0 Å². The maximum Gasteiger partial charge on any atom is 0.213 e. The highest BCUT2D eigenvalue weighted by molar-refractivity contribution is 5.24. The molecule has 0 unspecified atom stereocenters. The minimum Gasteiger partial charge on any atom is -0.318 e. The van der Waals surface area contributed by atoms with Crippen molar-refractivity contribution in [1.82, 2.24) is 9.55 Å². The molecule has 0 amide bonds. The molecule has 1 aromatic carbocycles. The Hall–Kier alpha value is -2.08. The highest BCUT2D eigenvalue weighted by Gasteiger charge is 2.01. The van der Waals surface area contributed by atoms with E-state index in [4.69, 9.17) is 5.26 Å². The second-order valence-corrected chi connectivity index (χ2v) is 3.66. The number of hydrogen-bond donors (Lipinski definition) is 0. The summed E-state index contributed by atoms with van der Waals surface area (Å²) < 4.78 is 1.85. The Balaban J connectivity index is 2.18. The Labute approximate surface area is 95.0 Å². The summed E-state index contributed by atoms with van der Waals surface area (Å²) in [7, 11) is 0. The third-order valence-electron chi connectivity index (χ3n) is 2.60. The topological polar surface area (TPSA) is 41.6 Å². The SMILES string of the molecule is CCc1ccc(Cn2ccnc2C#N)cc1. The molecule has 0 aliphatic carbocycles. The molecule has 0 N–H and O–H groups in total. The van der Waals surface area contributed by atoms with Gasteiger partial charge in [0, 0.05) is 18.9 Å². The van der Waals surface area contributed by atoms with Gasteiger partial charge in [-0.2, -0.15) is 5.26 Å². The van der Waals surface area contributed by atoms with Crippen LogP contribution >= 0.6 is 0 Å². The molecule has 0 saturated heterocycles. The lowest BCUT2D eigenvalue weighted by molar-refractivity contribution is 0.782. The molecule has 2 rings (SSSR count). The first-order valence-corrected chi connectivity index (χ1v) is 5.32. The molecule has 0 fully saturated rings. The van der Waals surface area contributed by atoms with Gasteiger partial charge in [0.1, 0.15) is 6.07 Å². The molecule has 80 valence electrons. The zero-order valence-electron chi connectivity index (χ0n) is 9.22. The smallest absolute Gasteiger partial charge is 0.213 e. The molecule has 0 spiro atoms. The van der Waals surface area contributed by atoms with Crippen molar-refractivity contribution < 1.29 is 0 Å². The minimum atomic E-state index is 0.458. The lowest BCUT2D eigenvalue weighted by atomic mass is 10.1. The van der Waals surface area contributed by atoms with E-state index in [9.17, 15) is 0 Å². The van der Waals surface area contributed by atoms with E-state index in [1.54, 1.807) is 6.20 Å². The highest BCUT2D eigenvalue weighted by Crippen LogP contribution is 2.08. The average Bonchev–Trinajstić information content (AvgIpc) is 2.77. The summed E-state index contributed by atoms with van der Waals surface area (Å²) in [6.45, 7) is 2.84. The summed E-state index contributed by atoms with van der Waals surface area (Å²) in [5, 5.41) is 8.83. The van der Waals surface area contributed by atoms with Crippen molar-refractivity contribution in [2.24, 2.45) is 0 Å². The van der Waals surface area contributed by atoms with Crippen molar-refractivity contribution in [3.8, 4) is 6.07 Å². The first kappa shape index (κ1) is 10.4. The number of rotatable bonds is 3. The van der Waals surface area contributed by atoms with Crippen LogP contribution in [-0.4, -0.2) is 9.55 Å². The van der Waals surface area contributed by atoms with Crippen LogP contribution in [-0.2, 0) is 13.0 Å². The largest absolute Gasteiger partial charge is 0.318 e. The van der Waals surface area contributed by atoms with Gasteiger partial charge >= 0.3 is 0 Å². The zero-order chi connectivity index (χ0) is 11.4. The van der Waals surface area contributed by atoms with Crippen LogP contribution < -0.4 is 0 Å². The van der Waals surface area contributed by atoms with Crippen molar-refractivity contribution in [3.05, 3.63) is 53.6 Å². The molecular weight excluding hydrogens is 198 g/mol. The average molecular weight is 211 g/mol. The lowest BCUT2D eigenvalue weighted by Crippen LogP contribution is -2.01. The van der Waals surface area contributed by atoms with Crippen molar-refractivity contribution in [2.75, 3.05) is 0 Å². The van der Waals surface area contributed by atoms with E-state index < -0.39 is 0 Å². The second kappa shape index (κ2) is 4.63. The third kappa shape index (κ3) is 2.12. The van der Waals surface area contributed by atoms with Crippen molar-refractivity contribution in [1.29, 1.82) is 5.26 Å². The Morgan fingerprint density at radius 2 is 1.94 bits per heavy atom. The summed E-state index contributed by atoms with van der Waals surface area (Å²) in [6.07, 6.45) is 4.53. The quantitative estimate of drug-likeness (QED) is 0.782. The molecule has 0 aliphatic heterocycles. The number of nitrogens with zero attached hydrogens (tertiary/aromatic N) is 3. The van der Waals surface area contributed by atoms with Crippen LogP contribution in [0.4, 0.5) is 0 Å². The van der Waals surface area contributed by atoms with E-state index >= 15 is 0 Å². The molecule has 1 aromatic heterocycles. The molecule has 2 aromatic rings. The molecule has 16 heavy (non-hydrogen) atoms. The van der Waals surface area contributed by atoms with E-state index in [1.807, 2.05) is 10.8 Å². The molecule has 0 saturated carbocycles. The molecule has 0 bridgehead atoms. The second-order valence-electron chi connectivity index (χ2n) is 3.66. The molecule has 3 heteroatoms. The molecule has 3 nitrogen and oxygen atoms in total. The Bertz CT molecular complexity index is 503. The van der Waals surface area contributed by atoms with Gasteiger partial charge in [-0.05, 0) is 17.5 Å². The first-order valence-electron chi connectivity index (χ1n) is 5.32. The molecule has 0 radical (unpaired) electrons. The molecule has 1 heterocycles. The Morgan fingerprint density at radius 1 is 1.25 bits per heavy atom. The van der Waals surface area contributed by atoms with Crippen LogP contribution in [0.5, 0.6) is 0 Å². The maximum atomic E-state index is 8.83. The van der Waals surface area contributed by atoms with Crippen molar-refractivity contribution in [2.45, 2.75) is 19.9 Å². The number of aromatic nitrogens is 2. The van der Waals surface area contributed by atoms with E-state index in [0.29, 0.717) is 12.4 Å². The number of benzene rings is 1. The number of hydrogen-bond acceptors (Lipinski definition) is 2. The van der Waals surface area contributed by atoms with Crippen LogP contribution in [0.25, 0.3) is 0 Å². The fraction of sp³-hybridized carbons (Fsp3) is 0.231.